The SMILES string of the molecule is CC1(C)CCCN(C(=O)C(Cl)c2ccccc2)CC1. The van der Waals surface area contributed by atoms with E-state index in [-0.39, 0.29) is 5.91 Å². The smallest absolute Gasteiger partial charge is 0.245 e. The molecule has 0 aliphatic carbocycles. The van der Waals surface area contributed by atoms with Crippen LogP contribution in [0.4, 0.5) is 0 Å². The quantitative estimate of drug-likeness (QED) is 0.749. The van der Waals surface area contributed by atoms with Crippen LogP contribution in [0, 0.1) is 5.41 Å². The molecule has 19 heavy (non-hydrogen) atoms. The maximum atomic E-state index is 12.5. The molecule has 2 nitrogen and oxygen atoms in total. The fourth-order valence-electron chi connectivity index (χ4n) is 2.57. The normalized spacial score (nSPS) is 20.7. The van der Waals surface area contributed by atoms with Crippen LogP contribution in [-0.2, 0) is 4.79 Å². The molecule has 104 valence electrons. The molecule has 1 aromatic rings. The number of nitrogens with zero attached hydrogens (tertiary/aromatic N) is 1. The molecule has 1 amide bonds. The van der Waals surface area contributed by atoms with Crippen LogP contribution in [0.2, 0.25) is 0 Å². The van der Waals surface area contributed by atoms with Crippen LogP contribution >= 0.6 is 11.6 Å². The molecule has 0 saturated carbocycles. The first-order valence-electron chi connectivity index (χ1n) is 6.97. The minimum atomic E-state index is -0.553. The second kappa shape index (κ2) is 5.96. The van der Waals surface area contributed by atoms with Gasteiger partial charge in [0, 0.05) is 13.1 Å². The summed E-state index contributed by atoms with van der Waals surface area (Å²) in [5, 5.41) is -0.553. The van der Waals surface area contributed by atoms with Crippen molar-refractivity contribution in [1.82, 2.24) is 4.90 Å². The Morgan fingerprint density at radius 3 is 2.58 bits per heavy atom. The van der Waals surface area contributed by atoms with Gasteiger partial charge in [0.15, 0.2) is 0 Å². The highest BCUT2D eigenvalue weighted by Gasteiger charge is 2.28. The van der Waals surface area contributed by atoms with E-state index in [1.54, 1.807) is 0 Å². The van der Waals surface area contributed by atoms with Crippen molar-refractivity contribution in [2.45, 2.75) is 38.5 Å². The van der Waals surface area contributed by atoms with E-state index in [1.807, 2.05) is 35.2 Å². The summed E-state index contributed by atoms with van der Waals surface area (Å²) < 4.78 is 0. The number of carbonyl (C=O) groups is 1. The predicted octanol–water partition coefficient (Wildman–Crippen LogP) is 4.01. The average Bonchev–Trinajstić information content (AvgIpc) is 2.59. The van der Waals surface area contributed by atoms with E-state index in [9.17, 15) is 4.79 Å². The zero-order valence-electron chi connectivity index (χ0n) is 11.7. The molecular weight excluding hydrogens is 258 g/mol. The number of rotatable bonds is 2. The molecule has 1 aliphatic rings. The summed E-state index contributed by atoms with van der Waals surface area (Å²) >= 11 is 6.32. The summed E-state index contributed by atoms with van der Waals surface area (Å²) in [6, 6.07) is 9.60. The average molecular weight is 280 g/mol. The standard InChI is InChI=1S/C16H22ClNO/c1-16(2)9-6-11-18(12-10-16)15(19)14(17)13-7-4-3-5-8-13/h3-5,7-8,14H,6,9-12H2,1-2H3. The Balaban J connectivity index is 2.03. The van der Waals surface area contributed by atoms with E-state index in [0.29, 0.717) is 5.41 Å². The largest absolute Gasteiger partial charge is 0.341 e. The van der Waals surface area contributed by atoms with Crippen LogP contribution < -0.4 is 0 Å². The number of halogens is 1. The van der Waals surface area contributed by atoms with Gasteiger partial charge in [-0.25, -0.2) is 0 Å². The van der Waals surface area contributed by atoms with Gasteiger partial charge in [-0.1, -0.05) is 44.2 Å². The maximum Gasteiger partial charge on any atom is 0.245 e. The highest BCUT2D eigenvalue weighted by molar-refractivity contribution is 6.30. The van der Waals surface area contributed by atoms with Crippen molar-refractivity contribution in [2.75, 3.05) is 13.1 Å². The first-order chi connectivity index (χ1) is 8.99. The molecule has 1 aromatic carbocycles. The Kier molecular flexibility index (Phi) is 4.51. The van der Waals surface area contributed by atoms with Crippen LogP contribution in [0.3, 0.4) is 0 Å². The summed E-state index contributed by atoms with van der Waals surface area (Å²) in [4.78, 5) is 14.4. The van der Waals surface area contributed by atoms with E-state index in [2.05, 4.69) is 13.8 Å². The van der Waals surface area contributed by atoms with Gasteiger partial charge in [0.25, 0.3) is 0 Å². The number of alkyl halides is 1. The van der Waals surface area contributed by atoms with Crippen molar-refractivity contribution in [3.8, 4) is 0 Å². The van der Waals surface area contributed by atoms with Gasteiger partial charge in [-0.3, -0.25) is 4.79 Å². The van der Waals surface area contributed by atoms with Gasteiger partial charge in [0.2, 0.25) is 5.91 Å². The highest BCUT2D eigenvalue weighted by atomic mass is 35.5. The van der Waals surface area contributed by atoms with Gasteiger partial charge >= 0.3 is 0 Å². The van der Waals surface area contributed by atoms with Crippen molar-refractivity contribution in [3.05, 3.63) is 35.9 Å². The summed E-state index contributed by atoms with van der Waals surface area (Å²) in [6.45, 7) is 6.20. The third-order valence-corrected chi connectivity index (χ3v) is 4.40. The van der Waals surface area contributed by atoms with Crippen LogP contribution in [0.1, 0.15) is 44.1 Å². The minimum Gasteiger partial charge on any atom is -0.341 e. The third kappa shape index (κ3) is 3.73. The minimum absolute atomic E-state index is 0.0468. The summed E-state index contributed by atoms with van der Waals surface area (Å²) in [6.07, 6.45) is 3.29. The molecule has 2 rings (SSSR count). The summed E-state index contributed by atoms with van der Waals surface area (Å²) in [7, 11) is 0. The molecule has 3 heteroatoms. The molecule has 1 aliphatic heterocycles. The predicted molar refractivity (Wildman–Crippen MR) is 79.2 cm³/mol. The monoisotopic (exact) mass is 279 g/mol. The van der Waals surface area contributed by atoms with Crippen molar-refractivity contribution in [2.24, 2.45) is 5.41 Å². The molecule has 0 spiro atoms. The van der Waals surface area contributed by atoms with Crippen molar-refractivity contribution >= 4 is 17.5 Å². The maximum absolute atomic E-state index is 12.5. The van der Waals surface area contributed by atoms with Crippen molar-refractivity contribution in [1.29, 1.82) is 0 Å². The van der Waals surface area contributed by atoms with E-state index in [4.69, 9.17) is 11.6 Å². The summed E-state index contributed by atoms with van der Waals surface area (Å²) in [5.41, 5.74) is 1.22. The third-order valence-electron chi connectivity index (χ3n) is 3.96. The Labute approximate surface area is 120 Å². The second-order valence-electron chi connectivity index (χ2n) is 6.12. The molecule has 1 fully saturated rings. The lowest BCUT2D eigenvalue weighted by Crippen LogP contribution is -2.34. The Hall–Kier alpha value is -1.02. The number of carbonyl (C=O) groups excluding carboxylic acids is 1. The van der Waals surface area contributed by atoms with Crippen LogP contribution in [0.25, 0.3) is 0 Å². The molecule has 0 N–H and O–H groups in total. The fourth-order valence-corrected chi connectivity index (χ4v) is 2.85. The van der Waals surface area contributed by atoms with Crippen LogP contribution in [0.15, 0.2) is 30.3 Å². The molecule has 1 atom stereocenters. The van der Waals surface area contributed by atoms with Crippen LogP contribution in [0.5, 0.6) is 0 Å². The number of benzene rings is 1. The first kappa shape index (κ1) is 14.4. The van der Waals surface area contributed by atoms with E-state index >= 15 is 0 Å². The topological polar surface area (TPSA) is 20.3 Å². The van der Waals surface area contributed by atoms with Crippen LogP contribution in [-0.4, -0.2) is 23.9 Å². The number of hydrogen-bond acceptors (Lipinski definition) is 1. The molecule has 0 radical (unpaired) electrons. The zero-order valence-corrected chi connectivity index (χ0v) is 12.5. The van der Waals surface area contributed by atoms with Crippen molar-refractivity contribution < 1.29 is 4.79 Å². The lowest BCUT2D eigenvalue weighted by molar-refractivity contribution is -0.130. The Bertz CT molecular complexity index is 430. The van der Waals surface area contributed by atoms with Gasteiger partial charge in [-0.15, -0.1) is 11.6 Å². The zero-order chi connectivity index (χ0) is 13.9. The molecule has 1 saturated heterocycles. The van der Waals surface area contributed by atoms with Gasteiger partial charge in [0.05, 0.1) is 0 Å². The molecule has 0 bridgehead atoms. The number of amides is 1. The van der Waals surface area contributed by atoms with Gasteiger partial charge in [-0.2, -0.15) is 0 Å². The molecular formula is C16H22ClNO. The number of likely N-dealkylation sites (tertiary alicyclic amines) is 1. The van der Waals surface area contributed by atoms with E-state index < -0.39 is 5.38 Å². The van der Waals surface area contributed by atoms with Gasteiger partial charge < -0.3 is 4.90 Å². The Morgan fingerprint density at radius 2 is 1.89 bits per heavy atom. The van der Waals surface area contributed by atoms with E-state index in [0.717, 1.165) is 31.5 Å². The van der Waals surface area contributed by atoms with Gasteiger partial charge in [0.1, 0.15) is 5.38 Å². The first-order valence-corrected chi connectivity index (χ1v) is 7.41. The number of hydrogen-bond donors (Lipinski definition) is 0. The highest BCUT2D eigenvalue weighted by Crippen LogP contribution is 2.31. The van der Waals surface area contributed by atoms with Crippen molar-refractivity contribution in [3.63, 3.8) is 0 Å². The lowest BCUT2D eigenvalue weighted by Gasteiger charge is -2.25. The Morgan fingerprint density at radius 1 is 1.21 bits per heavy atom. The second-order valence-corrected chi connectivity index (χ2v) is 6.55. The fraction of sp³-hybridized carbons (Fsp3) is 0.562. The van der Waals surface area contributed by atoms with Gasteiger partial charge in [-0.05, 0) is 30.2 Å². The molecule has 1 heterocycles. The summed E-state index contributed by atoms with van der Waals surface area (Å²) in [5.74, 6) is 0.0468. The molecule has 1 unspecified atom stereocenters. The lowest BCUT2D eigenvalue weighted by atomic mass is 9.85. The molecule has 0 aromatic heterocycles. The van der Waals surface area contributed by atoms with E-state index in [1.165, 1.54) is 6.42 Å².